The van der Waals surface area contributed by atoms with Crippen LogP contribution in [0, 0.1) is 0 Å². The molecule has 0 spiro atoms. The largest absolute Gasteiger partial charge is 0.303 e. The first-order chi connectivity index (χ1) is 8.24. The molecule has 0 aromatic rings. The van der Waals surface area contributed by atoms with E-state index in [0.717, 1.165) is 6.04 Å². The molecule has 0 unspecified atom stereocenters. The van der Waals surface area contributed by atoms with E-state index in [4.69, 9.17) is 0 Å². The van der Waals surface area contributed by atoms with Crippen LogP contribution in [0.3, 0.4) is 0 Å². The summed E-state index contributed by atoms with van der Waals surface area (Å²) in [5.41, 5.74) is 0. The van der Waals surface area contributed by atoms with Crippen molar-refractivity contribution >= 4 is 0 Å². The van der Waals surface area contributed by atoms with Crippen molar-refractivity contribution in [1.29, 1.82) is 0 Å². The topological polar surface area (TPSA) is 6.48 Å². The lowest BCUT2D eigenvalue weighted by Crippen LogP contribution is -2.26. The third-order valence-corrected chi connectivity index (χ3v) is 3.90. The van der Waals surface area contributed by atoms with Crippen LogP contribution in [0.2, 0.25) is 0 Å². The van der Waals surface area contributed by atoms with E-state index in [9.17, 15) is 0 Å². The second kappa shape index (κ2) is 8.93. The number of hydrogen-bond donors (Lipinski definition) is 0. The van der Waals surface area contributed by atoms with Crippen LogP contribution >= 0.6 is 0 Å². The van der Waals surface area contributed by atoms with Crippen LogP contribution in [0.1, 0.15) is 59.3 Å². The van der Waals surface area contributed by atoms with Gasteiger partial charge in [-0.1, -0.05) is 13.3 Å². The van der Waals surface area contributed by atoms with Gasteiger partial charge in [0.05, 0.1) is 0 Å². The van der Waals surface area contributed by atoms with E-state index in [1.807, 2.05) is 0 Å². The zero-order valence-corrected chi connectivity index (χ0v) is 12.2. The van der Waals surface area contributed by atoms with Gasteiger partial charge in [0.1, 0.15) is 0 Å². The van der Waals surface area contributed by atoms with E-state index in [1.165, 1.54) is 71.2 Å². The van der Waals surface area contributed by atoms with Crippen molar-refractivity contribution in [2.24, 2.45) is 0 Å². The summed E-state index contributed by atoms with van der Waals surface area (Å²) in [6, 6.07) is 0.775. The first-order valence-corrected chi connectivity index (χ1v) is 7.70. The summed E-state index contributed by atoms with van der Waals surface area (Å²) in [6.07, 6.45) is 8.43. The molecule has 2 rings (SSSR count). The van der Waals surface area contributed by atoms with Crippen LogP contribution in [0.4, 0.5) is 0 Å². The van der Waals surface area contributed by atoms with Gasteiger partial charge in [-0.2, -0.15) is 0 Å². The van der Waals surface area contributed by atoms with Gasteiger partial charge in [0.2, 0.25) is 0 Å². The van der Waals surface area contributed by atoms with Gasteiger partial charge in [0.25, 0.3) is 0 Å². The first kappa shape index (κ1) is 15.0. The Kier molecular flexibility index (Phi) is 7.87. The highest BCUT2D eigenvalue weighted by molar-refractivity contribution is 4.68. The molecule has 0 aliphatic carbocycles. The van der Waals surface area contributed by atoms with E-state index >= 15 is 0 Å². The van der Waals surface area contributed by atoms with Crippen LogP contribution < -0.4 is 0 Å². The highest BCUT2D eigenvalue weighted by Gasteiger charge is 2.13. The van der Waals surface area contributed by atoms with E-state index in [2.05, 4.69) is 30.6 Å². The lowest BCUT2D eigenvalue weighted by atomic mass is 10.3. The Morgan fingerprint density at radius 1 is 0.882 bits per heavy atom. The minimum atomic E-state index is 0.775. The molecule has 0 radical (unpaired) electrons. The Labute approximate surface area is 108 Å². The molecule has 2 saturated heterocycles. The van der Waals surface area contributed by atoms with Crippen LogP contribution in [0.15, 0.2) is 0 Å². The van der Waals surface area contributed by atoms with Gasteiger partial charge in [-0.3, -0.25) is 0 Å². The highest BCUT2D eigenvalue weighted by Crippen LogP contribution is 2.10. The minimum absolute atomic E-state index is 0.775. The maximum Gasteiger partial charge on any atom is 0.00385 e. The molecule has 0 amide bonds. The van der Waals surface area contributed by atoms with Gasteiger partial charge in [-0.15, -0.1) is 0 Å². The zero-order chi connectivity index (χ0) is 12.5. The molecular weight excluding hydrogens is 208 g/mol. The lowest BCUT2D eigenvalue weighted by Gasteiger charge is -2.18. The van der Waals surface area contributed by atoms with Crippen molar-refractivity contribution in [2.75, 3.05) is 32.7 Å². The summed E-state index contributed by atoms with van der Waals surface area (Å²) in [7, 11) is 0. The molecule has 102 valence electrons. The average molecular weight is 240 g/mol. The molecular formula is C15H32N2. The number of rotatable bonds is 4. The molecule has 0 atom stereocenters. The van der Waals surface area contributed by atoms with Gasteiger partial charge in [-0.05, 0) is 78.7 Å². The maximum absolute atomic E-state index is 2.57. The molecule has 0 aromatic carbocycles. The van der Waals surface area contributed by atoms with Crippen molar-refractivity contribution in [1.82, 2.24) is 9.80 Å². The molecule has 0 aromatic heterocycles. The Balaban J connectivity index is 0.000000171. The highest BCUT2D eigenvalue weighted by atomic mass is 15.2. The van der Waals surface area contributed by atoms with Gasteiger partial charge >= 0.3 is 0 Å². The summed E-state index contributed by atoms with van der Waals surface area (Å²) >= 11 is 0. The predicted octanol–water partition coefficient (Wildman–Crippen LogP) is 3.37. The zero-order valence-electron chi connectivity index (χ0n) is 12.2. The molecule has 17 heavy (non-hydrogen) atoms. The molecule has 2 nitrogen and oxygen atoms in total. The van der Waals surface area contributed by atoms with Crippen molar-refractivity contribution in [3.8, 4) is 0 Å². The van der Waals surface area contributed by atoms with Gasteiger partial charge < -0.3 is 9.80 Å². The fraction of sp³-hybridized carbons (Fsp3) is 1.00. The van der Waals surface area contributed by atoms with Crippen LogP contribution in [-0.4, -0.2) is 48.6 Å². The van der Waals surface area contributed by atoms with Crippen molar-refractivity contribution < 1.29 is 0 Å². The summed E-state index contributed by atoms with van der Waals surface area (Å²) in [5.74, 6) is 0. The second-order valence-corrected chi connectivity index (χ2v) is 5.74. The van der Waals surface area contributed by atoms with Gasteiger partial charge in [0, 0.05) is 6.04 Å². The number of unbranched alkanes of at least 4 members (excludes halogenated alkanes) is 1. The van der Waals surface area contributed by atoms with E-state index in [0.29, 0.717) is 0 Å². The minimum Gasteiger partial charge on any atom is -0.303 e. The number of nitrogens with zero attached hydrogens (tertiary/aromatic N) is 2. The number of likely N-dealkylation sites (tertiary alicyclic amines) is 2. The third kappa shape index (κ3) is 6.42. The Hall–Kier alpha value is -0.0800. The molecule has 2 aliphatic heterocycles. The van der Waals surface area contributed by atoms with Crippen LogP contribution in [0.25, 0.3) is 0 Å². The van der Waals surface area contributed by atoms with E-state index in [-0.39, 0.29) is 0 Å². The smallest absolute Gasteiger partial charge is 0.00385 e. The number of hydrogen-bond acceptors (Lipinski definition) is 2. The molecule has 2 fully saturated rings. The standard InChI is InChI=1S/C8H17N.C7H15N/c1-2-3-6-9-7-4-5-8-9;1-7(2)8-5-3-4-6-8/h2-8H2,1H3;7H,3-6H2,1-2H3. The summed E-state index contributed by atoms with van der Waals surface area (Å²) < 4.78 is 0. The van der Waals surface area contributed by atoms with Gasteiger partial charge in [-0.25, -0.2) is 0 Å². The van der Waals surface area contributed by atoms with E-state index in [1.54, 1.807) is 0 Å². The van der Waals surface area contributed by atoms with Crippen LogP contribution in [-0.2, 0) is 0 Å². The molecule has 2 heteroatoms. The monoisotopic (exact) mass is 240 g/mol. The van der Waals surface area contributed by atoms with Crippen molar-refractivity contribution in [3.63, 3.8) is 0 Å². The molecule has 0 bridgehead atoms. The van der Waals surface area contributed by atoms with E-state index < -0.39 is 0 Å². The van der Waals surface area contributed by atoms with Crippen molar-refractivity contribution in [2.45, 2.75) is 65.3 Å². The quantitative estimate of drug-likeness (QED) is 0.743. The SMILES string of the molecule is CC(C)N1CCCC1.CCCCN1CCCC1. The maximum atomic E-state index is 2.57. The summed E-state index contributed by atoms with van der Waals surface area (Å²) in [4.78, 5) is 5.10. The van der Waals surface area contributed by atoms with Crippen LogP contribution in [0.5, 0.6) is 0 Å². The van der Waals surface area contributed by atoms with Gasteiger partial charge in [0.15, 0.2) is 0 Å². The fourth-order valence-electron chi connectivity index (χ4n) is 2.65. The Morgan fingerprint density at radius 2 is 1.41 bits per heavy atom. The third-order valence-electron chi connectivity index (χ3n) is 3.90. The fourth-order valence-corrected chi connectivity index (χ4v) is 2.65. The lowest BCUT2D eigenvalue weighted by molar-refractivity contribution is 0.276. The Morgan fingerprint density at radius 3 is 1.82 bits per heavy atom. The first-order valence-electron chi connectivity index (χ1n) is 7.70. The van der Waals surface area contributed by atoms with Crippen molar-refractivity contribution in [3.05, 3.63) is 0 Å². The summed E-state index contributed by atoms with van der Waals surface area (Å²) in [6.45, 7) is 13.5. The molecule has 0 N–H and O–H groups in total. The summed E-state index contributed by atoms with van der Waals surface area (Å²) in [5, 5.41) is 0. The normalized spacial score (nSPS) is 21.9. The predicted molar refractivity (Wildman–Crippen MR) is 76.5 cm³/mol. The second-order valence-electron chi connectivity index (χ2n) is 5.74. The average Bonchev–Trinajstić information content (AvgIpc) is 3.00. The Bertz CT molecular complexity index is 168. The molecule has 2 aliphatic rings. The molecule has 0 saturated carbocycles. The molecule has 2 heterocycles.